The highest BCUT2D eigenvalue weighted by Crippen LogP contribution is 2.27. The molecule has 140 valence electrons. The van der Waals surface area contributed by atoms with Crippen molar-refractivity contribution >= 4 is 50.3 Å². The molecule has 27 heavy (non-hydrogen) atoms. The number of thiazole rings is 1. The first-order chi connectivity index (χ1) is 13.0. The summed E-state index contributed by atoms with van der Waals surface area (Å²) in [4.78, 5) is 47.0. The number of H-pyrrole nitrogens is 1. The van der Waals surface area contributed by atoms with Crippen LogP contribution < -0.4 is 10.9 Å². The average molecular weight is 404 g/mol. The summed E-state index contributed by atoms with van der Waals surface area (Å²) in [5, 5.41) is 3.00. The molecule has 0 bridgehead atoms. The van der Waals surface area contributed by atoms with Gasteiger partial charge in [-0.25, -0.2) is 14.8 Å². The first kappa shape index (κ1) is 19.1. The molecule has 2 N–H and O–H groups in total. The highest BCUT2D eigenvalue weighted by atomic mass is 32.2. The lowest BCUT2D eigenvalue weighted by atomic mass is 10.2. The molecule has 0 spiro atoms. The van der Waals surface area contributed by atoms with Gasteiger partial charge >= 0.3 is 5.97 Å². The zero-order chi connectivity index (χ0) is 19.4. The van der Waals surface area contributed by atoms with Crippen LogP contribution in [0.5, 0.6) is 0 Å². The number of aromatic nitrogens is 3. The molecule has 3 rings (SSSR count). The highest BCUT2D eigenvalue weighted by molar-refractivity contribution is 7.97. The minimum Gasteiger partial charge on any atom is -0.462 e. The third-order valence-electron chi connectivity index (χ3n) is 3.42. The number of ether oxygens (including phenoxy) is 1. The maximum Gasteiger partial charge on any atom is 0.338 e. The molecule has 0 atom stereocenters. The van der Waals surface area contributed by atoms with E-state index >= 15 is 0 Å². The summed E-state index contributed by atoms with van der Waals surface area (Å²) in [6, 6.07) is 6.13. The van der Waals surface area contributed by atoms with Gasteiger partial charge in [0.15, 0.2) is 5.13 Å². The van der Waals surface area contributed by atoms with Crippen LogP contribution in [0.2, 0.25) is 0 Å². The van der Waals surface area contributed by atoms with E-state index in [-0.39, 0.29) is 11.3 Å². The van der Waals surface area contributed by atoms with Crippen molar-refractivity contribution in [3.63, 3.8) is 0 Å². The van der Waals surface area contributed by atoms with Crippen LogP contribution in [-0.4, -0.2) is 39.7 Å². The van der Waals surface area contributed by atoms with E-state index in [1.54, 1.807) is 25.1 Å². The van der Waals surface area contributed by atoms with Gasteiger partial charge in [-0.15, -0.1) is 0 Å². The number of carbonyl (C=O) groups is 2. The fourth-order valence-corrected chi connectivity index (χ4v) is 3.62. The van der Waals surface area contributed by atoms with Crippen LogP contribution in [0.25, 0.3) is 10.2 Å². The molecule has 10 heteroatoms. The third kappa shape index (κ3) is 4.52. The Morgan fingerprint density at radius 1 is 1.30 bits per heavy atom. The fraction of sp³-hybridized carbons (Fsp3) is 0.235. The molecule has 0 aliphatic heterocycles. The predicted octanol–water partition coefficient (Wildman–Crippen LogP) is 2.67. The SMILES string of the molecule is CCOC(=O)c1ccc2nc(NC(=O)c3cc(=O)[nH]c(CSC)n3)sc2c1. The summed E-state index contributed by atoms with van der Waals surface area (Å²) in [7, 11) is 0. The standard InChI is InChI=1S/C17H16N4O4S2/c1-3-25-16(24)9-4-5-10-12(6-9)27-17(19-10)21-15(23)11-7-14(22)20-13(18-11)8-26-2/h4-7H,3,8H2,1-2H3,(H,18,20,22)(H,19,21,23). The number of nitrogens with one attached hydrogen (secondary N) is 2. The summed E-state index contributed by atoms with van der Waals surface area (Å²) >= 11 is 2.71. The van der Waals surface area contributed by atoms with Crippen molar-refractivity contribution in [3.8, 4) is 0 Å². The number of esters is 1. The molecule has 1 amide bonds. The number of thioether (sulfide) groups is 1. The number of rotatable bonds is 6. The van der Waals surface area contributed by atoms with Crippen molar-refractivity contribution in [2.45, 2.75) is 12.7 Å². The molecule has 2 aromatic heterocycles. The van der Waals surface area contributed by atoms with Gasteiger partial charge in [-0.3, -0.25) is 14.9 Å². The molecular formula is C17H16N4O4S2. The van der Waals surface area contributed by atoms with E-state index in [0.717, 1.165) is 10.8 Å². The van der Waals surface area contributed by atoms with Crippen LogP contribution >= 0.6 is 23.1 Å². The van der Waals surface area contributed by atoms with Gasteiger partial charge in [-0.05, 0) is 31.4 Å². The van der Waals surface area contributed by atoms with Gasteiger partial charge in [-0.2, -0.15) is 11.8 Å². The number of anilines is 1. The third-order valence-corrected chi connectivity index (χ3v) is 4.92. The Labute approximate surface area is 162 Å². The molecule has 0 aliphatic carbocycles. The largest absolute Gasteiger partial charge is 0.462 e. The maximum atomic E-state index is 12.4. The second kappa shape index (κ2) is 8.31. The van der Waals surface area contributed by atoms with Crippen molar-refractivity contribution in [2.24, 2.45) is 0 Å². The average Bonchev–Trinajstić information content (AvgIpc) is 3.03. The molecule has 0 fully saturated rings. The second-order valence-corrected chi connectivity index (χ2v) is 7.28. The molecule has 0 aliphatic rings. The van der Waals surface area contributed by atoms with Gasteiger partial charge in [0, 0.05) is 6.07 Å². The lowest BCUT2D eigenvalue weighted by Gasteiger charge is -2.03. The van der Waals surface area contributed by atoms with Gasteiger partial charge in [0.2, 0.25) is 0 Å². The first-order valence-corrected chi connectivity index (χ1v) is 10.2. The zero-order valence-corrected chi connectivity index (χ0v) is 16.2. The molecule has 8 nitrogen and oxygen atoms in total. The smallest absolute Gasteiger partial charge is 0.338 e. The summed E-state index contributed by atoms with van der Waals surface area (Å²) < 4.78 is 5.72. The van der Waals surface area contributed by atoms with Crippen LogP contribution in [0.1, 0.15) is 33.6 Å². The highest BCUT2D eigenvalue weighted by Gasteiger charge is 2.14. The lowest BCUT2D eigenvalue weighted by molar-refractivity contribution is 0.0526. The van der Waals surface area contributed by atoms with Crippen molar-refractivity contribution in [3.05, 3.63) is 51.7 Å². The van der Waals surface area contributed by atoms with Gasteiger partial charge in [-0.1, -0.05) is 11.3 Å². The Hall–Kier alpha value is -2.72. The maximum absolute atomic E-state index is 12.4. The van der Waals surface area contributed by atoms with Gasteiger partial charge < -0.3 is 9.72 Å². The summed E-state index contributed by atoms with van der Waals surface area (Å²) in [6.07, 6.45) is 1.87. The molecule has 0 unspecified atom stereocenters. The lowest BCUT2D eigenvalue weighted by Crippen LogP contribution is -2.20. The Kier molecular flexibility index (Phi) is 5.87. The van der Waals surface area contributed by atoms with Gasteiger partial charge in [0.25, 0.3) is 11.5 Å². The fourth-order valence-electron chi connectivity index (χ4n) is 2.31. The first-order valence-electron chi connectivity index (χ1n) is 7.98. The number of hydrogen-bond acceptors (Lipinski definition) is 8. The van der Waals surface area contributed by atoms with Crippen molar-refractivity contribution < 1.29 is 14.3 Å². The quantitative estimate of drug-likeness (QED) is 0.607. The minimum atomic E-state index is -0.520. The van der Waals surface area contributed by atoms with E-state index in [1.807, 2.05) is 6.26 Å². The van der Waals surface area contributed by atoms with Crippen LogP contribution in [0.3, 0.4) is 0 Å². The Morgan fingerprint density at radius 2 is 2.11 bits per heavy atom. The van der Waals surface area contributed by atoms with E-state index in [4.69, 9.17) is 4.74 Å². The van der Waals surface area contributed by atoms with E-state index in [0.29, 0.717) is 34.4 Å². The molecule has 1 aromatic carbocycles. The number of aromatic amines is 1. The summed E-state index contributed by atoms with van der Waals surface area (Å²) in [5.74, 6) is -0.00205. The van der Waals surface area contributed by atoms with E-state index in [9.17, 15) is 14.4 Å². The van der Waals surface area contributed by atoms with Crippen LogP contribution in [0, 0.1) is 0 Å². The molecular weight excluding hydrogens is 388 g/mol. The number of carbonyl (C=O) groups excluding carboxylic acids is 2. The van der Waals surface area contributed by atoms with Gasteiger partial charge in [0.05, 0.1) is 28.1 Å². The molecule has 0 saturated carbocycles. The number of amides is 1. The zero-order valence-electron chi connectivity index (χ0n) is 14.6. The molecule has 2 heterocycles. The molecule has 0 saturated heterocycles. The molecule has 0 radical (unpaired) electrons. The topological polar surface area (TPSA) is 114 Å². The molecule has 3 aromatic rings. The second-order valence-electron chi connectivity index (χ2n) is 5.39. The van der Waals surface area contributed by atoms with Crippen molar-refractivity contribution in [1.29, 1.82) is 0 Å². The van der Waals surface area contributed by atoms with Crippen LogP contribution in [-0.2, 0) is 10.5 Å². The summed E-state index contributed by atoms with van der Waals surface area (Å²) in [6.45, 7) is 2.03. The normalized spacial score (nSPS) is 10.7. The van der Waals surface area contributed by atoms with Crippen LogP contribution in [0.4, 0.5) is 5.13 Å². The number of hydrogen-bond donors (Lipinski definition) is 2. The van der Waals surface area contributed by atoms with Gasteiger partial charge in [0.1, 0.15) is 11.5 Å². The van der Waals surface area contributed by atoms with Crippen molar-refractivity contribution in [1.82, 2.24) is 15.0 Å². The van der Waals surface area contributed by atoms with Crippen molar-refractivity contribution in [2.75, 3.05) is 18.2 Å². The predicted molar refractivity (Wildman–Crippen MR) is 106 cm³/mol. The number of nitrogens with zero attached hydrogens (tertiary/aromatic N) is 2. The Bertz CT molecular complexity index is 1060. The van der Waals surface area contributed by atoms with E-state index in [2.05, 4.69) is 20.3 Å². The van der Waals surface area contributed by atoms with Crippen LogP contribution in [0.15, 0.2) is 29.1 Å². The minimum absolute atomic E-state index is 0.0225. The summed E-state index contributed by atoms with van der Waals surface area (Å²) in [5.41, 5.74) is 0.700. The Balaban J connectivity index is 1.83. The van der Waals surface area contributed by atoms with E-state index in [1.165, 1.54) is 23.1 Å². The number of fused-ring (bicyclic) bond motifs is 1. The number of benzene rings is 1. The monoisotopic (exact) mass is 404 g/mol. The van der Waals surface area contributed by atoms with E-state index < -0.39 is 11.9 Å². The Morgan fingerprint density at radius 3 is 2.85 bits per heavy atom.